The van der Waals surface area contributed by atoms with Crippen molar-refractivity contribution in [2.45, 2.75) is 122 Å². The van der Waals surface area contributed by atoms with Gasteiger partial charge in [0.05, 0.1) is 11.6 Å². The van der Waals surface area contributed by atoms with Gasteiger partial charge < -0.3 is 9.64 Å². The summed E-state index contributed by atoms with van der Waals surface area (Å²) in [6.45, 7) is 7.92. The van der Waals surface area contributed by atoms with Crippen molar-refractivity contribution in [3.05, 3.63) is 78.4 Å². The van der Waals surface area contributed by atoms with Gasteiger partial charge in [0.2, 0.25) is 5.72 Å². The van der Waals surface area contributed by atoms with Gasteiger partial charge in [0.1, 0.15) is 5.69 Å². The second-order valence-corrected chi connectivity index (χ2v) is 13.7. The van der Waals surface area contributed by atoms with Crippen LogP contribution in [0.25, 0.3) is 21.5 Å². The lowest BCUT2D eigenvalue weighted by Gasteiger charge is -2.46. The fourth-order valence-corrected chi connectivity index (χ4v) is 7.77. The van der Waals surface area contributed by atoms with E-state index < -0.39 is 5.72 Å². The third kappa shape index (κ3) is 5.75. The number of rotatable bonds is 15. The molecule has 4 aromatic rings. The van der Waals surface area contributed by atoms with E-state index in [1.54, 1.807) is 0 Å². The first-order chi connectivity index (χ1) is 21.6. The maximum Gasteiger partial charge on any atom is 0.228 e. The maximum absolute atomic E-state index is 7.36. The van der Waals surface area contributed by atoms with Crippen LogP contribution in [0.1, 0.15) is 116 Å². The van der Waals surface area contributed by atoms with Crippen molar-refractivity contribution < 1.29 is 4.74 Å². The van der Waals surface area contributed by atoms with Gasteiger partial charge in [-0.05, 0) is 42.7 Å². The minimum absolute atomic E-state index is 0.270. The zero-order valence-corrected chi connectivity index (χ0v) is 27.4. The van der Waals surface area contributed by atoms with E-state index in [9.17, 15) is 0 Å². The third-order valence-corrected chi connectivity index (χ3v) is 10.4. The largest absolute Gasteiger partial charge is 0.459 e. The number of nitrogens with zero attached hydrogens (tertiary/aromatic N) is 2. The zero-order chi connectivity index (χ0) is 30.4. The third-order valence-electron chi connectivity index (χ3n) is 10.4. The lowest BCUT2D eigenvalue weighted by molar-refractivity contribution is 0.0791. The second-order valence-electron chi connectivity index (χ2n) is 13.7. The number of hydrogen-bond donors (Lipinski definition) is 0. The van der Waals surface area contributed by atoms with Gasteiger partial charge >= 0.3 is 0 Å². The average molecular weight is 589 g/mol. The molecule has 0 amide bonds. The molecule has 1 atom stereocenters. The van der Waals surface area contributed by atoms with Gasteiger partial charge in [-0.2, -0.15) is 0 Å². The van der Waals surface area contributed by atoms with Crippen LogP contribution in [0.5, 0.6) is 5.75 Å². The highest BCUT2D eigenvalue weighted by Crippen LogP contribution is 2.56. The van der Waals surface area contributed by atoms with E-state index in [0.29, 0.717) is 0 Å². The van der Waals surface area contributed by atoms with Crippen molar-refractivity contribution in [3.8, 4) is 5.75 Å². The molecule has 1 spiro atoms. The van der Waals surface area contributed by atoms with E-state index in [1.807, 2.05) is 0 Å². The first kappa shape index (κ1) is 30.7. The molecule has 0 saturated heterocycles. The molecule has 1 unspecified atom stereocenters. The highest BCUT2D eigenvalue weighted by atomic mass is 16.5. The van der Waals surface area contributed by atoms with Gasteiger partial charge in [-0.1, -0.05) is 157 Å². The Balaban J connectivity index is 1.13. The number of unbranched alkanes of at least 4 members (excludes halogenated alkanes) is 13. The minimum atomic E-state index is -0.675. The molecule has 0 radical (unpaired) electrons. The lowest BCUT2D eigenvalue weighted by Crippen LogP contribution is -2.62. The van der Waals surface area contributed by atoms with Crippen LogP contribution in [0.3, 0.4) is 0 Å². The van der Waals surface area contributed by atoms with E-state index in [1.165, 1.54) is 105 Å². The Morgan fingerprint density at radius 1 is 0.591 bits per heavy atom. The number of para-hydroxylation sites is 1. The van der Waals surface area contributed by atoms with Crippen molar-refractivity contribution in [2.24, 2.45) is 4.99 Å². The second kappa shape index (κ2) is 13.8. The van der Waals surface area contributed by atoms with Crippen LogP contribution in [0.2, 0.25) is 0 Å². The summed E-state index contributed by atoms with van der Waals surface area (Å²) in [6.07, 6.45) is 21.3. The molecule has 0 fully saturated rings. The van der Waals surface area contributed by atoms with Crippen LogP contribution in [0, 0.1) is 0 Å². The van der Waals surface area contributed by atoms with E-state index in [4.69, 9.17) is 9.73 Å². The molecule has 0 saturated carbocycles. The summed E-state index contributed by atoms with van der Waals surface area (Å²) in [5.41, 5.74) is 2.63. The van der Waals surface area contributed by atoms with Crippen molar-refractivity contribution in [3.63, 3.8) is 0 Å². The fourth-order valence-electron chi connectivity index (χ4n) is 7.77. The van der Waals surface area contributed by atoms with E-state index in [0.717, 1.165) is 35.2 Å². The molecule has 3 heteroatoms. The predicted molar refractivity (Wildman–Crippen MR) is 190 cm³/mol. The van der Waals surface area contributed by atoms with Gasteiger partial charge in [0.15, 0.2) is 5.75 Å². The molecular formula is C41H52N2O. The summed E-state index contributed by atoms with van der Waals surface area (Å²) in [6, 6.07) is 26.2. The Bertz CT molecular complexity index is 1590. The molecule has 44 heavy (non-hydrogen) atoms. The Kier molecular flexibility index (Phi) is 9.59. The summed E-state index contributed by atoms with van der Waals surface area (Å²) < 4.78 is 7.36. The molecule has 2 heterocycles. The molecule has 2 aliphatic rings. The van der Waals surface area contributed by atoms with Crippen molar-refractivity contribution in [2.75, 3.05) is 11.4 Å². The van der Waals surface area contributed by atoms with E-state index in [-0.39, 0.29) is 5.41 Å². The van der Waals surface area contributed by atoms with Gasteiger partial charge in [-0.25, -0.2) is 0 Å². The maximum atomic E-state index is 7.36. The molecule has 0 bridgehead atoms. The number of ether oxygens (including phenoxy) is 1. The SMILES string of the molecule is CCCCCCCCCCCCCCCCN1c2ccccc2C(C)(C)C12C=Nc1c(c3ccccc3c3ccccc13)O2. The van der Waals surface area contributed by atoms with Crippen molar-refractivity contribution in [1.82, 2.24) is 0 Å². The molecule has 6 rings (SSSR count). The number of anilines is 1. The highest BCUT2D eigenvalue weighted by Gasteiger charge is 2.59. The Morgan fingerprint density at radius 2 is 1.09 bits per heavy atom. The normalized spacial score (nSPS) is 18.2. The monoisotopic (exact) mass is 588 g/mol. The molecule has 0 aliphatic carbocycles. The lowest BCUT2D eigenvalue weighted by atomic mass is 9.77. The van der Waals surface area contributed by atoms with Crippen LogP contribution in [-0.4, -0.2) is 18.5 Å². The molecular weight excluding hydrogens is 536 g/mol. The molecule has 232 valence electrons. The zero-order valence-electron chi connectivity index (χ0n) is 27.4. The predicted octanol–water partition coefficient (Wildman–Crippen LogP) is 12.1. The number of benzene rings is 4. The average Bonchev–Trinajstić information content (AvgIpc) is 3.23. The number of fused-ring (bicyclic) bond motifs is 7. The molecule has 3 nitrogen and oxygen atoms in total. The number of aliphatic imine (C=N–C) groups is 1. The van der Waals surface area contributed by atoms with Gasteiger partial charge in [0.25, 0.3) is 0 Å². The van der Waals surface area contributed by atoms with Crippen LogP contribution >= 0.6 is 0 Å². The Morgan fingerprint density at radius 3 is 1.73 bits per heavy atom. The topological polar surface area (TPSA) is 24.8 Å². The van der Waals surface area contributed by atoms with E-state index in [2.05, 4.69) is 105 Å². The van der Waals surface area contributed by atoms with E-state index >= 15 is 0 Å². The van der Waals surface area contributed by atoms with Gasteiger partial charge in [-0.15, -0.1) is 0 Å². The molecule has 4 aromatic carbocycles. The summed E-state index contributed by atoms with van der Waals surface area (Å²) in [4.78, 5) is 7.79. The number of hydrogen-bond acceptors (Lipinski definition) is 3. The van der Waals surface area contributed by atoms with Crippen molar-refractivity contribution in [1.29, 1.82) is 0 Å². The van der Waals surface area contributed by atoms with Crippen LogP contribution in [0.4, 0.5) is 11.4 Å². The van der Waals surface area contributed by atoms with Crippen LogP contribution < -0.4 is 9.64 Å². The summed E-state index contributed by atoms with van der Waals surface area (Å²) in [7, 11) is 0. The standard InChI is InChI=1S/C41H52N2O/c1-4-5-6-7-8-9-10-11-12-13-14-15-16-23-30-43-37-29-22-21-28-36(37)40(2,3)41(43)31-42-38-34-26-19-17-24-32(34)33-25-18-20-27-35(33)39(38)44-41/h17-22,24-29,31H,4-16,23,30H2,1-3H3. The quantitative estimate of drug-likeness (QED) is 0.102. The Labute approximate surface area is 265 Å². The summed E-state index contributed by atoms with van der Waals surface area (Å²) in [5.74, 6) is 0.911. The first-order valence-corrected chi connectivity index (χ1v) is 17.6. The van der Waals surface area contributed by atoms with Gasteiger partial charge in [-0.3, -0.25) is 4.99 Å². The molecule has 0 N–H and O–H groups in total. The van der Waals surface area contributed by atoms with Crippen LogP contribution in [-0.2, 0) is 5.41 Å². The molecule has 0 aromatic heterocycles. The van der Waals surface area contributed by atoms with Crippen molar-refractivity contribution >= 4 is 39.1 Å². The summed E-state index contributed by atoms with van der Waals surface area (Å²) in [5, 5.41) is 4.74. The molecule has 2 aliphatic heterocycles. The fraction of sp³-hybridized carbons (Fsp3) is 0.488. The van der Waals surface area contributed by atoms with Gasteiger partial charge in [0, 0.05) is 23.0 Å². The highest BCUT2D eigenvalue weighted by molar-refractivity contribution is 6.17. The summed E-state index contributed by atoms with van der Waals surface area (Å²) >= 11 is 0. The first-order valence-electron chi connectivity index (χ1n) is 17.6. The van der Waals surface area contributed by atoms with Crippen LogP contribution in [0.15, 0.2) is 77.8 Å². The smallest absolute Gasteiger partial charge is 0.228 e. The minimum Gasteiger partial charge on any atom is -0.459 e. The Hall–Kier alpha value is -3.33.